The molecule has 0 atom stereocenters. The summed E-state index contributed by atoms with van der Waals surface area (Å²) in [6, 6.07) is 4.89. The molecule has 0 spiro atoms. The summed E-state index contributed by atoms with van der Waals surface area (Å²) in [5.74, 6) is -0.0400. The van der Waals surface area contributed by atoms with Crippen LogP contribution in [0.2, 0.25) is 0 Å². The Morgan fingerprint density at radius 3 is 2.80 bits per heavy atom. The number of amides is 1. The van der Waals surface area contributed by atoms with E-state index in [1.54, 1.807) is 19.2 Å². The minimum atomic E-state index is -0.169. The third-order valence-electron chi connectivity index (χ3n) is 2.64. The Hall–Kier alpha value is -0.860. The lowest BCUT2D eigenvalue weighted by molar-refractivity contribution is 0.0686. The highest BCUT2D eigenvalue weighted by Gasteiger charge is 2.07. The van der Waals surface area contributed by atoms with Gasteiger partial charge in [-0.15, -0.1) is 0 Å². The third-order valence-corrected chi connectivity index (χ3v) is 3.55. The summed E-state index contributed by atoms with van der Waals surface area (Å²) in [5, 5.41) is 12.4. The molecule has 0 radical (unpaired) electrons. The molecule has 0 unspecified atom stereocenters. The number of benzene rings is 1. The zero-order valence-corrected chi connectivity index (χ0v) is 13.7. The molecule has 112 valence electrons. The lowest BCUT2D eigenvalue weighted by atomic mass is 10.2. The van der Waals surface area contributed by atoms with E-state index in [9.17, 15) is 9.90 Å². The number of nitrogens with one attached hydrogen (secondary N) is 1. The second-order valence-electron chi connectivity index (χ2n) is 4.23. The van der Waals surface area contributed by atoms with Gasteiger partial charge in [-0.2, -0.15) is 0 Å². The van der Waals surface area contributed by atoms with Gasteiger partial charge in [-0.1, -0.05) is 0 Å². The quantitative estimate of drug-likeness (QED) is 0.499. The van der Waals surface area contributed by atoms with Crippen LogP contribution in [0.4, 0.5) is 0 Å². The van der Waals surface area contributed by atoms with Gasteiger partial charge in [-0.3, -0.25) is 4.79 Å². The molecule has 0 saturated heterocycles. The zero-order valence-electron chi connectivity index (χ0n) is 11.5. The third kappa shape index (κ3) is 6.53. The van der Waals surface area contributed by atoms with Gasteiger partial charge >= 0.3 is 0 Å². The van der Waals surface area contributed by atoms with Crippen LogP contribution < -0.4 is 5.32 Å². The van der Waals surface area contributed by atoms with Crippen LogP contribution in [0.1, 0.15) is 23.2 Å². The lowest BCUT2D eigenvalue weighted by Crippen LogP contribution is -2.24. The van der Waals surface area contributed by atoms with Crippen molar-refractivity contribution in [1.82, 2.24) is 5.32 Å². The molecule has 0 aromatic heterocycles. The van der Waals surface area contributed by atoms with E-state index in [-0.39, 0.29) is 11.7 Å². The van der Waals surface area contributed by atoms with E-state index in [0.29, 0.717) is 31.9 Å². The van der Waals surface area contributed by atoms with Crippen LogP contribution in [0.15, 0.2) is 18.2 Å². The van der Waals surface area contributed by atoms with E-state index in [1.807, 2.05) is 22.6 Å². The van der Waals surface area contributed by atoms with Crippen molar-refractivity contribution in [3.05, 3.63) is 27.3 Å². The number of hydrogen-bond acceptors (Lipinski definition) is 4. The molecular formula is C14H20INO4. The van der Waals surface area contributed by atoms with Gasteiger partial charge in [0, 0.05) is 25.8 Å². The second kappa shape index (κ2) is 9.95. The number of ether oxygens (including phenoxy) is 2. The molecule has 5 nitrogen and oxygen atoms in total. The fraction of sp³-hybridized carbons (Fsp3) is 0.500. The normalized spacial score (nSPS) is 10.5. The van der Waals surface area contributed by atoms with Crippen molar-refractivity contribution in [2.45, 2.75) is 12.8 Å². The molecular weight excluding hydrogens is 373 g/mol. The number of carbonyl (C=O) groups excluding carboxylic acids is 1. The Bertz CT molecular complexity index is 426. The topological polar surface area (TPSA) is 67.8 Å². The van der Waals surface area contributed by atoms with Crippen LogP contribution in [0.25, 0.3) is 0 Å². The number of aromatic hydroxyl groups is 1. The van der Waals surface area contributed by atoms with Gasteiger partial charge in [-0.25, -0.2) is 0 Å². The number of unbranched alkanes of at least 4 members (excludes halogenated alkanes) is 1. The van der Waals surface area contributed by atoms with E-state index >= 15 is 0 Å². The average molecular weight is 393 g/mol. The first-order chi connectivity index (χ1) is 9.65. The van der Waals surface area contributed by atoms with Gasteiger partial charge in [0.25, 0.3) is 5.91 Å². The molecule has 0 bridgehead atoms. The molecule has 1 aromatic rings. The predicted octanol–water partition coefficient (Wildman–Crippen LogP) is 2.17. The molecule has 0 fully saturated rings. The number of phenolic OH excluding ortho intramolecular Hbond substituents is 1. The van der Waals surface area contributed by atoms with Crippen molar-refractivity contribution < 1.29 is 19.4 Å². The van der Waals surface area contributed by atoms with E-state index in [2.05, 4.69) is 5.32 Å². The Labute approximate surface area is 132 Å². The molecule has 6 heteroatoms. The van der Waals surface area contributed by atoms with Gasteiger partial charge in [0.1, 0.15) is 5.75 Å². The first-order valence-electron chi connectivity index (χ1n) is 6.48. The summed E-state index contributed by atoms with van der Waals surface area (Å²) in [6.07, 6.45) is 1.75. The maximum absolute atomic E-state index is 11.8. The van der Waals surface area contributed by atoms with Crippen LogP contribution in [0, 0.1) is 3.57 Å². The first-order valence-corrected chi connectivity index (χ1v) is 7.56. The molecule has 0 saturated carbocycles. The van der Waals surface area contributed by atoms with E-state index in [1.165, 1.54) is 6.07 Å². The Kier molecular flexibility index (Phi) is 8.56. The average Bonchev–Trinajstić information content (AvgIpc) is 2.44. The van der Waals surface area contributed by atoms with E-state index in [4.69, 9.17) is 9.47 Å². The molecule has 0 heterocycles. The van der Waals surface area contributed by atoms with Crippen LogP contribution >= 0.6 is 22.6 Å². The minimum absolute atomic E-state index is 0.129. The maximum atomic E-state index is 11.8. The monoisotopic (exact) mass is 393 g/mol. The standard InChI is InChI=1S/C14H20INO4/c1-19-8-9-20-7-3-2-6-16-14(18)11-4-5-12(15)13(17)10-11/h4-5,10,17H,2-3,6-9H2,1H3,(H,16,18). The molecule has 0 aliphatic rings. The summed E-state index contributed by atoms with van der Waals surface area (Å²) in [5.41, 5.74) is 0.472. The van der Waals surface area contributed by atoms with E-state index < -0.39 is 0 Å². The molecule has 2 N–H and O–H groups in total. The largest absolute Gasteiger partial charge is 0.507 e. The molecule has 20 heavy (non-hydrogen) atoms. The lowest BCUT2D eigenvalue weighted by Gasteiger charge is -2.07. The van der Waals surface area contributed by atoms with Crippen LogP contribution in [-0.4, -0.2) is 44.5 Å². The minimum Gasteiger partial charge on any atom is -0.507 e. The van der Waals surface area contributed by atoms with Crippen molar-refractivity contribution in [2.24, 2.45) is 0 Å². The first kappa shape index (κ1) is 17.2. The van der Waals surface area contributed by atoms with Gasteiger partial charge in [-0.05, 0) is 53.6 Å². The Balaban J connectivity index is 2.15. The van der Waals surface area contributed by atoms with Crippen LogP contribution in [-0.2, 0) is 9.47 Å². The predicted molar refractivity (Wildman–Crippen MR) is 85.1 cm³/mol. The summed E-state index contributed by atoms with van der Waals surface area (Å²) in [4.78, 5) is 11.8. The smallest absolute Gasteiger partial charge is 0.251 e. The summed E-state index contributed by atoms with van der Waals surface area (Å²) in [7, 11) is 1.64. The number of halogens is 1. The summed E-state index contributed by atoms with van der Waals surface area (Å²) >= 11 is 2.01. The second-order valence-corrected chi connectivity index (χ2v) is 5.40. The number of carbonyl (C=O) groups is 1. The van der Waals surface area contributed by atoms with Crippen molar-refractivity contribution in [3.63, 3.8) is 0 Å². The number of phenols is 1. The van der Waals surface area contributed by atoms with Gasteiger partial charge in [0.15, 0.2) is 0 Å². The van der Waals surface area contributed by atoms with Gasteiger partial charge < -0.3 is 19.9 Å². The van der Waals surface area contributed by atoms with Crippen molar-refractivity contribution >= 4 is 28.5 Å². The summed E-state index contributed by atoms with van der Waals surface area (Å²) < 4.78 is 10.9. The molecule has 1 amide bonds. The molecule has 1 rings (SSSR count). The van der Waals surface area contributed by atoms with Gasteiger partial charge in [0.05, 0.1) is 16.8 Å². The molecule has 1 aromatic carbocycles. The van der Waals surface area contributed by atoms with E-state index in [0.717, 1.165) is 16.4 Å². The van der Waals surface area contributed by atoms with Crippen LogP contribution in [0.3, 0.4) is 0 Å². The fourth-order valence-corrected chi connectivity index (χ4v) is 1.87. The zero-order chi connectivity index (χ0) is 14.8. The maximum Gasteiger partial charge on any atom is 0.251 e. The van der Waals surface area contributed by atoms with Gasteiger partial charge in [0.2, 0.25) is 0 Å². The SMILES string of the molecule is COCCOCCCCNC(=O)c1ccc(I)c(O)c1. The highest BCUT2D eigenvalue weighted by molar-refractivity contribution is 14.1. The fourth-order valence-electron chi connectivity index (χ4n) is 1.53. The number of hydrogen-bond donors (Lipinski definition) is 2. The highest BCUT2D eigenvalue weighted by Crippen LogP contribution is 2.20. The Morgan fingerprint density at radius 2 is 2.10 bits per heavy atom. The van der Waals surface area contributed by atoms with Crippen molar-refractivity contribution in [1.29, 1.82) is 0 Å². The number of rotatable bonds is 9. The van der Waals surface area contributed by atoms with Crippen molar-refractivity contribution in [3.8, 4) is 5.75 Å². The van der Waals surface area contributed by atoms with Crippen molar-refractivity contribution in [2.75, 3.05) is 33.5 Å². The highest BCUT2D eigenvalue weighted by atomic mass is 127. The Morgan fingerprint density at radius 1 is 1.30 bits per heavy atom. The van der Waals surface area contributed by atoms with Crippen LogP contribution in [0.5, 0.6) is 5.75 Å². The molecule has 0 aliphatic heterocycles. The molecule has 0 aliphatic carbocycles. The number of methoxy groups -OCH3 is 1. The summed E-state index contributed by atoms with van der Waals surface area (Å²) in [6.45, 7) is 2.47.